The van der Waals surface area contributed by atoms with Gasteiger partial charge in [-0.25, -0.2) is 24.3 Å². The fraction of sp³-hybridized carbons (Fsp3) is 0.432. The standard InChI is InChI=1S/C37H42N4O8/c1-3-48-37(46)41-31-18-24(31)14-8-5-4-6-11-15-28(35(43)44)39-36(45)40-22-26(20-32(40)34(41)42)49-33-21-29(23-12-9-7-10-13-23)38-30-19-25(47-2)16-17-27(30)33/h7-10,12-14,16-17,19,21,24,26,28,31-32H,3-6,11,15,18,20,22H2,1-2H3,(H,39,45)(H,43,44)/b14-8-/t24-,26?,28+,31?,32+/m1/s1. The van der Waals surface area contributed by atoms with Crippen LogP contribution in [0.25, 0.3) is 22.2 Å². The zero-order chi connectivity index (χ0) is 34.5. The molecule has 3 heterocycles. The number of carbonyl (C=O) groups is 4. The fourth-order valence-electron chi connectivity index (χ4n) is 6.67. The molecule has 1 aliphatic carbocycles. The second kappa shape index (κ2) is 15.0. The van der Waals surface area contributed by atoms with Crippen LogP contribution in [0.5, 0.6) is 11.5 Å². The van der Waals surface area contributed by atoms with Gasteiger partial charge in [0.2, 0.25) is 0 Å². The molecule has 2 unspecified atom stereocenters. The second-order valence-electron chi connectivity index (χ2n) is 12.7. The first kappa shape index (κ1) is 33.8. The van der Waals surface area contributed by atoms with Crippen LogP contribution in [0.2, 0.25) is 0 Å². The number of aromatic nitrogens is 1. The Kier molecular flexibility index (Phi) is 10.3. The largest absolute Gasteiger partial charge is 0.497 e. The van der Waals surface area contributed by atoms with Gasteiger partial charge in [0.05, 0.1) is 37.5 Å². The maximum Gasteiger partial charge on any atom is 0.416 e. The Balaban J connectivity index is 1.35. The van der Waals surface area contributed by atoms with Gasteiger partial charge in [0.25, 0.3) is 5.91 Å². The van der Waals surface area contributed by atoms with Gasteiger partial charge in [0, 0.05) is 29.5 Å². The predicted molar refractivity (Wildman–Crippen MR) is 181 cm³/mol. The summed E-state index contributed by atoms with van der Waals surface area (Å²) >= 11 is 0. The van der Waals surface area contributed by atoms with E-state index in [1.54, 1.807) is 20.1 Å². The number of ether oxygens (including phenoxy) is 3. The van der Waals surface area contributed by atoms with E-state index in [1.165, 1.54) is 4.90 Å². The van der Waals surface area contributed by atoms with E-state index in [1.807, 2.05) is 54.6 Å². The maximum atomic E-state index is 14.3. The van der Waals surface area contributed by atoms with E-state index in [0.29, 0.717) is 40.9 Å². The number of carbonyl (C=O) groups excluding carboxylic acids is 3. The molecule has 0 radical (unpaired) electrons. The highest BCUT2D eigenvalue weighted by atomic mass is 16.6. The van der Waals surface area contributed by atoms with Crippen LogP contribution in [-0.2, 0) is 14.3 Å². The number of rotatable bonds is 6. The molecule has 1 saturated carbocycles. The highest BCUT2D eigenvalue weighted by Crippen LogP contribution is 2.40. The number of aliphatic carboxylic acids is 1. The minimum atomic E-state index is -1.15. The van der Waals surface area contributed by atoms with Crippen LogP contribution in [0.3, 0.4) is 0 Å². The Hall–Kier alpha value is -5.13. The number of urea groups is 1. The van der Waals surface area contributed by atoms with Crippen LogP contribution >= 0.6 is 0 Å². The van der Waals surface area contributed by atoms with Crippen molar-refractivity contribution in [3.63, 3.8) is 0 Å². The predicted octanol–water partition coefficient (Wildman–Crippen LogP) is 5.79. The SMILES string of the molecule is CCOC(=O)N1C(=O)[C@@H]2CC(Oc3cc(-c4ccccc4)nc4cc(OC)ccc34)CN2C(=O)N[C@H](C(=O)O)CCCCC/C=C\[C@@H]2CC21. The molecular weight excluding hydrogens is 628 g/mol. The van der Waals surface area contributed by atoms with Crippen molar-refractivity contribution in [2.75, 3.05) is 20.3 Å². The summed E-state index contributed by atoms with van der Waals surface area (Å²) in [6.07, 6.45) is 6.72. The lowest BCUT2D eigenvalue weighted by atomic mass is 10.1. The summed E-state index contributed by atoms with van der Waals surface area (Å²) in [6.45, 7) is 1.74. The smallest absolute Gasteiger partial charge is 0.416 e. The third-order valence-electron chi connectivity index (χ3n) is 9.33. The van der Waals surface area contributed by atoms with Crippen molar-refractivity contribution >= 4 is 34.9 Å². The molecule has 12 nitrogen and oxygen atoms in total. The summed E-state index contributed by atoms with van der Waals surface area (Å²) in [7, 11) is 1.58. The fourth-order valence-corrected chi connectivity index (χ4v) is 6.67. The number of hydrogen-bond donors (Lipinski definition) is 2. The molecule has 2 fully saturated rings. The molecule has 258 valence electrons. The number of hydrogen-bond acceptors (Lipinski definition) is 8. The van der Waals surface area contributed by atoms with E-state index in [9.17, 15) is 24.3 Å². The quantitative estimate of drug-likeness (QED) is 0.311. The van der Waals surface area contributed by atoms with Gasteiger partial charge >= 0.3 is 18.1 Å². The number of imide groups is 1. The summed E-state index contributed by atoms with van der Waals surface area (Å²) < 4.78 is 17.4. The molecule has 2 N–H and O–H groups in total. The first-order valence-electron chi connectivity index (χ1n) is 16.9. The molecule has 2 aromatic carbocycles. The lowest BCUT2D eigenvalue weighted by Gasteiger charge is -2.29. The molecule has 5 atom stereocenters. The third kappa shape index (κ3) is 7.63. The van der Waals surface area contributed by atoms with Crippen LogP contribution < -0.4 is 14.8 Å². The molecule has 49 heavy (non-hydrogen) atoms. The topological polar surface area (TPSA) is 148 Å². The number of pyridine rings is 1. The molecule has 3 aromatic rings. The summed E-state index contributed by atoms with van der Waals surface area (Å²) in [6, 6.07) is 13.6. The molecular formula is C37H42N4O8. The van der Waals surface area contributed by atoms with Gasteiger partial charge in [-0.05, 0) is 50.7 Å². The van der Waals surface area contributed by atoms with Crippen LogP contribution in [-0.4, -0.2) is 88.4 Å². The van der Waals surface area contributed by atoms with Crippen LogP contribution in [0.1, 0.15) is 51.9 Å². The monoisotopic (exact) mass is 670 g/mol. The lowest BCUT2D eigenvalue weighted by molar-refractivity contribution is -0.139. The number of nitrogens with one attached hydrogen (secondary N) is 1. The zero-order valence-corrected chi connectivity index (χ0v) is 27.7. The van der Waals surface area contributed by atoms with E-state index in [-0.39, 0.29) is 38.0 Å². The average molecular weight is 671 g/mol. The van der Waals surface area contributed by atoms with E-state index in [2.05, 4.69) is 11.4 Å². The molecule has 0 spiro atoms. The van der Waals surface area contributed by atoms with Gasteiger partial charge in [-0.15, -0.1) is 0 Å². The minimum absolute atomic E-state index is 0.00459. The van der Waals surface area contributed by atoms with Crippen molar-refractivity contribution in [2.45, 2.75) is 76.1 Å². The van der Waals surface area contributed by atoms with Crippen molar-refractivity contribution in [1.82, 2.24) is 20.1 Å². The first-order chi connectivity index (χ1) is 23.8. The molecule has 1 saturated heterocycles. The molecule has 4 amide bonds. The number of allylic oxidation sites excluding steroid dienone is 1. The lowest BCUT2D eigenvalue weighted by Crippen LogP contribution is -2.55. The van der Waals surface area contributed by atoms with E-state index in [0.717, 1.165) is 29.7 Å². The highest BCUT2D eigenvalue weighted by molar-refractivity contribution is 5.98. The van der Waals surface area contributed by atoms with Gasteiger partial charge < -0.3 is 29.5 Å². The van der Waals surface area contributed by atoms with E-state index >= 15 is 0 Å². The normalized spacial score (nSPS) is 25.1. The van der Waals surface area contributed by atoms with Crippen LogP contribution in [0.4, 0.5) is 9.59 Å². The van der Waals surface area contributed by atoms with E-state index in [4.69, 9.17) is 19.2 Å². The van der Waals surface area contributed by atoms with Crippen molar-refractivity contribution < 1.29 is 38.5 Å². The Labute approximate surface area is 285 Å². The maximum absolute atomic E-state index is 14.3. The number of benzene rings is 2. The van der Waals surface area contributed by atoms with Crippen molar-refractivity contribution in [3.8, 4) is 22.8 Å². The molecule has 3 aliphatic rings. The number of methoxy groups -OCH3 is 1. The number of carboxylic acid groups (broad SMARTS) is 1. The molecule has 0 bridgehead atoms. The summed E-state index contributed by atoms with van der Waals surface area (Å²) in [5, 5.41) is 13.3. The Morgan fingerprint density at radius 2 is 1.86 bits per heavy atom. The Morgan fingerprint density at radius 1 is 1.04 bits per heavy atom. The van der Waals surface area contributed by atoms with Crippen LogP contribution in [0.15, 0.2) is 66.7 Å². The number of fused-ring (bicyclic) bond motifs is 3. The highest BCUT2D eigenvalue weighted by Gasteiger charge is 2.51. The minimum Gasteiger partial charge on any atom is -0.497 e. The molecule has 6 rings (SSSR count). The average Bonchev–Trinajstić information content (AvgIpc) is 3.72. The summed E-state index contributed by atoms with van der Waals surface area (Å²) in [4.78, 5) is 60.9. The second-order valence-corrected chi connectivity index (χ2v) is 12.7. The number of amides is 4. The van der Waals surface area contributed by atoms with Gasteiger partial charge in [-0.3, -0.25) is 4.79 Å². The van der Waals surface area contributed by atoms with Crippen molar-refractivity contribution in [1.29, 1.82) is 0 Å². The summed E-state index contributed by atoms with van der Waals surface area (Å²) in [5.74, 6) is -0.591. The first-order valence-corrected chi connectivity index (χ1v) is 16.9. The van der Waals surface area contributed by atoms with Crippen molar-refractivity contribution in [2.24, 2.45) is 5.92 Å². The summed E-state index contributed by atoms with van der Waals surface area (Å²) in [5.41, 5.74) is 2.18. The zero-order valence-electron chi connectivity index (χ0n) is 27.7. The van der Waals surface area contributed by atoms with Gasteiger partial charge in [0.15, 0.2) is 0 Å². The van der Waals surface area contributed by atoms with Gasteiger partial charge in [-0.2, -0.15) is 0 Å². The molecule has 12 heteroatoms. The number of nitrogens with zero attached hydrogens (tertiary/aromatic N) is 3. The molecule has 2 aliphatic heterocycles. The third-order valence-corrected chi connectivity index (χ3v) is 9.33. The van der Waals surface area contributed by atoms with Gasteiger partial charge in [0.1, 0.15) is 29.7 Å². The van der Waals surface area contributed by atoms with E-state index < -0.39 is 42.2 Å². The Bertz CT molecular complexity index is 1730. The molecule has 1 aromatic heterocycles. The van der Waals surface area contributed by atoms with Crippen molar-refractivity contribution in [3.05, 3.63) is 66.7 Å². The van der Waals surface area contributed by atoms with Crippen LogP contribution in [0, 0.1) is 5.92 Å². The number of carboxylic acids is 1. The van der Waals surface area contributed by atoms with Gasteiger partial charge in [-0.1, -0.05) is 55.3 Å². The Morgan fingerprint density at radius 3 is 2.61 bits per heavy atom.